The standard InChI is InChI=1S/C40H36N2.C3H8.4C2H6.C2H2/c1-6-29-15-19-31(20-16-29)41-37-13-9-7-11-33(37)27(4)35-25-40-36(24-39(35)41)28(5)34-12-8-10-14-38(34)42(40)32-21-17-30(18-22-32)23-26(2)3;1-3-2;5*1-2/h7-22,24-26H,4-6,23H2,1-3H3;3H2,1-2H3;4*1-2H3;1-2H. The smallest absolute Gasteiger partial charge is 0.0548 e. The van der Waals surface area contributed by atoms with E-state index in [-0.39, 0.29) is 0 Å². The van der Waals surface area contributed by atoms with Crippen molar-refractivity contribution in [1.29, 1.82) is 0 Å². The number of aryl methyl sites for hydroxylation is 1. The topological polar surface area (TPSA) is 6.48 Å². The van der Waals surface area contributed by atoms with Gasteiger partial charge in [0.2, 0.25) is 0 Å². The first-order valence-corrected chi connectivity index (χ1v) is 20.7. The first-order valence-electron chi connectivity index (χ1n) is 20.7. The Morgan fingerprint density at radius 3 is 1.13 bits per heavy atom. The highest BCUT2D eigenvalue weighted by Gasteiger charge is 2.33. The van der Waals surface area contributed by atoms with E-state index in [2.05, 4.69) is 180 Å². The molecule has 2 aliphatic rings. The Hall–Kier alpha value is -5.26. The molecular formula is C53H70N2. The van der Waals surface area contributed by atoms with E-state index in [4.69, 9.17) is 0 Å². The molecule has 0 amide bonds. The molecule has 0 aromatic heterocycles. The Kier molecular flexibility index (Phi) is 21.7. The van der Waals surface area contributed by atoms with Gasteiger partial charge in [-0.25, -0.2) is 0 Å². The summed E-state index contributed by atoms with van der Waals surface area (Å²) in [6.07, 6.45) is 11.3. The molecular weight excluding hydrogens is 665 g/mol. The normalized spacial score (nSPS) is 11.1. The lowest BCUT2D eigenvalue weighted by Gasteiger charge is -2.39. The van der Waals surface area contributed by atoms with E-state index >= 15 is 0 Å². The second-order valence-electron chi connectivity index (χ2n) is 12.5. The second-order valence-corrected chi connectivity index (χ2v) is 12.5. The number of nitrogens with zero attached hydrogens (tertiary/aromatic N) is 2. The van der Waals surface area contributed by atoms with E-state index in [0.29, 0.717) is 5.92 Å². The van der Waals surface area contributed by atoms with E-state index in [0.717, 1.165) is 80.4 Å². The third-order valence-corrected chi connectivity index (χ3v) is 8.63. The minimum Gasteiger partial charge on any atom is -0.309 e. The highest BCUT2D eigenvalue weighted by molar-refractivity contribution is 6.07. The SMILES string of the molecule is C#C.C=C1c2ccccc2N(c2ccc(CC)cc2)c2cc3c(cc21)N(c1ccc(CC(C)C)cc1)c1ccccc1C3=C.CC.CC.CC.CC.CCC. The minimum atomic E-state index is 0.622. The molecule has 2 heterocycles. The highest BCUT2D eigenvalue weighted by atomic mass is 15.2. The van der Waals surface area contributed by atoms with Gasteiger partial charge in [-0.1, -0.05) is 170 Å². The fourth-order valence-electron chi connectivity index (χ4n) is 6.52. The molecule has 7 rings (SSSR count). The summed E-state index contributed by atoms with van der Waals surface area (Å²) in [5, 5.41) is 0. The summed E-state index contributed by atoms with van der Waals surface area (Å²) < 4.78 is 0. The largest absolute Gasteiger partial charge is 0.309 e. The Morgan fingerprint density at radius 1 is 0.473 bits per heavy atom. The molecule has 0 fully saturated rings. The van der Waals surface area contributed by atoms with Crippen LogP contribution in [-0.2, 0) is 12.8 Å². The molecule has 2 heteroatoms. The maximum Gasteiger partial charge on any atom is 0.0548 e. The average Bonchev–Trinajstić information content (AvgIpc) is 3.25. The number of hydrogen-bond acceptors (Lipinski definition) is 2. The number of benzene rings is 5. The maximum atomic E-state index is 4.64. The number of para-hydroxylation sites is 2. The van der Waals surface area contributed by atoms with Crippen LogP contribution in [0.5, 0.6) is 0 Å². The summed E-state index contributed by atoms with van der Waals surface area (Å²) in [6, 6.07) is 39.9. The van der Waals surface area contributed by atoms with E-state index in [9.17, 15) is 0 Å². The average molecular weight is 735 g/mol. The zero-order valence-corrected chi connectivity index (χ0v) is 36.6. The van der Waals surface area contributed by atoms with E-state index < -0.39 is 0 Å². The monoisotopic (exact) mass is 735 g/mol. The summed E-state index contributed by atoms with van der Waals surface area (Å²) in [5.74, 6) is 0.622. The summed E-state index contributed by atoms with van der Waals surface area (Å²) in [7, 11) is 0. The van der Waals surface area contributed by atoms with Gasteiger partial charge in [0.1, 0.15) is 0 Å². The molecule has 0 saturated heterocycles. The van der Waals surface area contributed by atoms with E-state index in [1.807, 2.05) is 55.4 Å². The molecule has 0 bridgehead atoms. The summed E-state index contributed by atoms with van der Waals surface area (Å²) in [4.78, 5) is 4.78. The Balaban J connectivity index is 0.00000105. The highest BCUT2D eigenvalue weighted by Crippen LogP contribution is 2.55. The van der Waals surface area contributed by atoms with Gasteiger partial charge in [-0.05, 0) is 89.6 Å². The van der Waals surface area contributed by atoms with Crippen molar-refractivity contribution in [2.24, 2.45) is 5.92 Å². The van der Waals surface area contributed by atoms with Crippen molar-refractivity contribution in [3.63, 3.8) is 0 Å². The second kappa shape index (κ2) is 24.9. The van der Waals surface area contributed by atoms with Crippen molar-refractivity contribution in [1.82, 2.24) is 0 Å². The number of anilines is 6. The van der Waals surface area contributed by atoms with Crippen molar-refractivity contribution in [2.45, 2.75) is 109 Å². The van der Waals surface area contributed by atoms with Gasteiger partial charge in [0.15, 0.2) is 0 Å². The quantitative estimate of drug-likeness (QED) is 0.163. The van der Waals surface area contributed by atoms with Crippen LogP contribution >= 0.6 is 0 Å². The van der Waals surface area contributed by atoms with Gasteiger partial charge >= 0.3 is 0 Å². The lowest BCUT2D eigenvalue weighted by molar-refractivity contribution is 0.647. The van der Waals surface area contributed by atoms with Crippen LogP contribution in [0.2, 0.25) is 0 Å². The van der Waals surface area contributed by atoms with Crippen LogP contribution < -0.4 is 9.80 Å². The molecule has 0 N–H and O–H groups in total. The van der Waals surface area contributed by atoms with Crippen LogP contribution in [0.3, 0.4) is 0 Å². The molecule has 292 valence electrons. The van der Waals surface area contributed by atoms with Gasteiger partial charge in [0.05, 0.1) is 22.7 Å². The lowest BCUT2D eigenvalue weighted by atomic mass is 9.84. The predicted molar refractivity (Wildman–Crippen MR) is 251 cm³/mol. The molecule has 5 aromatic rings. The van der Waals surface area contributed by atoms with Gasteiger partial charge in [-0.2, -0.15) is 0 Å². The van der Waals surface area contributed by atoms with Crippen LogP contribution in [0.25, 0.3) is 11.1 Å². The molecule has 0 spiro atoms. The number of fused-ring (bicyclic) bond motifs is 4. The molecule has 0 aliphatic carbocycles. The summed E-state index contributed by atoms with van der Waals surface area (Å²) in [5.41, 5.74) is 16.2. The van der Waals surface area contributed by atoms with Gasteiger partial charge < -0.3 is 9.80 Å². The third-order valence-electron chi connectivity index (χ3n) is 8.63. The van der Waals surface area contributed by atoms with E-state index in [1.54, 1.807) is 0 Å². The first kappa shape index (κ1) is 47.8. The Bertz CT molecular complexity index is 1910. The minimum absolute atomic E-state index is 0.622. The van der Waals surface area contributed by atoms with E-state index in [1.165, 1.54) is 17.5 Å². The van der Waals surface area contributed by atoms with Crippen molar-refractivity contribution in [3.05, 3.63) is 156 Å². The molecule has 2 nitrogen and oxygen atoms in total. The van der Waals surface area contributed by atoms with Crippen molar-refractivity contribution < 1.29 is 0 Å². The fourth-order valence-corrected chi connectivity index (χ4v) is 6.52. The predicted octanol–water partition coefficient (Wildman–Crippen LogP) is 16.9. The zero-order valence-electron chi connectivity index (χ0n) is 36.6. The van der Waals surface area contributed by atoms with Gasteiger partial charge in [-0.3, -0.25) is 0 Å². The van der Waals surface area contributed by atoms with Crippen LogP contribution in [0.4, 0.5) is 34.1 Å². The van der Waals surface area contributed by atoms with Crippen LogP contribution in [-0.4, -0.2) is 0 Å². The van der Waals surface area contributed by atoms with Crippen LogP contribution in [0.1, 0.15) is 130 Å². The van der Waals surface area contributed by atoms with Crippen molar-refractivity contribution >= 4 is 45.3 Å². The maximum absolute atomic E-state index is 4.64. The van der Waals surface area contributed by atoms with Crippen molar-refractivity contribution in [3.8, 4) is 12.8 Å². The molecule has 55 heavy (non-hydrogen) atoms. The van der Waals surface area contributed by atoms with Gasteiger partial charge in [-0.15, -0.1) is 12.8 Å². The Labute approximate surface area is 337 Å². The number of terminal acetylenes is 1. The summed E-state index contributed by atoms with van der Waals surface area (Å²) >= 11 is 0. The Morgan fingerprint density at radius 2 is 0.800 bits per heavy atom. The number of hydrogen-bond donors (Lipinski definition) is 0. The van der Waals surface area contributed by atoms with Gasteiger partial charge in [0.25, 0.3) is 0 Å². The zero-order chi connectivity index (χ0) is 41.7. The van der Waals surface area contributed by atoms with Gasteiger partial charge in [0, 0.05) is 33.6 Å². The van der Waals surface area contributed by atoms with Crippen LogP contribution in [0.15, 0.2) is 122 Å². The fraction of sp³-hybridized carbons (Fsp3) is 0.321. The van der Waals surface area contributed by atoms with Crippen molar-refractivity contribution in [2.75, 3.05) is 9.80 Å². The first-order chi connectivity index (χ1) is 26.9. The molecule has 0 saturated carbocycles. The third kappa shape index (κ3) is 10.9. The molecule has 2 aliphatic heterocycles. The molecule has 5 aromatic carbocycles. The number of rotatable bonds is 5. The molecule has 0 radical (unpaired) electrons. The molecule has 0 atom stereocenters. The van der Waals surface area contributed by atoms with Crippen LogP contribution in [0, 0.1) is 18.8 Å². The summed E-state index contributed by atoms with van der Waals surface area (Å²) in [6.45, 7) is 36.3. The molecule has 0 unspecified atom stereocenters. The lowest BCUT2D eigenvalue weighted by Crippen LogP contribution is -2.22.